The largest absolute Gasteiger partial charge is 0.394 e. The van der Waals surface area contributed by atoms with Gasteiger partial charge in [-0.15, -0.1) is 0 Å². The molecule has 132 valence electrons. The number of halogens is 4. The second-order valence-electron chi connectivity index (χ2n) is 6.70. The minimum atomic E-state index is -4.48. The summed E-state index contributed by atoms with van der Waals surface area (Å²) in [6.07, 6.45) is -0.502. The normalized spacial score (nSPS) is 22.2. The summed E-state index contributed by atoms with van der Waals surface area (Å²) in [6, 6.07) is 5.85. The Hall–Kier alpha value is -1.58. The molecule has 24 heavy (non-hydrogen) atoms. The van der Waals surface area contributed by atoms with Gasteiger partial charge in [0.15, 0.2) is 0 Å². The summed E-state index contributed by atoms with van der Waals surface area (Å²) < 4.78 is 53.1. The van der Waals surface area contributed by atoms with E-state index in [4.69, 9.17) is 0 Å². The summed E-state index contributed by atoms with van der Waals surface area (Å²) in [4.78, 5) is 0. The Morgan fingerprint density at radius 3 is 2.54 bits per heavy atom. The average Bonchev–Trinajstić information content (AvgIpc) is 2.48. The number of hydrogen-bond donors (Lipinski definition) is 0. The molecule has 0 aromatic heterocycles. The van der Waals surface area contributed by atoms with E-state index in [1.807, 2.05) is 37.3 Å². The topological polar surface area (TPSA) is 0 Å². The van der Waals surface area contributed by atoms with Crippen molar-refractivity contribution >= 4 is 6.08 Å². The molecule has 0 saturated heterocycles. The third-order valence-corrected chi connectivity index (χ3v) is 4.54. The number of benzene rings is 1. The molecule has 0 spiro atoms. The van der Waals surface area contributed by atoms with Crippen molar-refractivity contribution in [2.45, 2.75) is 58.3 Å². The Morgan fingerprint density at radius 2 is 1.96 bits per heavy atom. The first-order chi connectivity index (χ1) is 11.2. The molecule has 0 N–H and O–H groups in total. The van der Waals surface area contributed by atoms with Gasteiger partial charge in [-0.1, -0.05) is 50.3 Å². The van der Waals surface area contributed by atoms with Crippen LogP contribution >= 0.6 is 0 Å². The summed E-state index contributed by atoms with van der Waals surface area (Å²) in [5, 5.41) is 0. The summed E-state index contributed by atoms with van der Waals surface area (Å²) >= 11 is 0. The Labute approximate surface area is 141 Å². The zero-order valence-electron chi connectivity index (χ0n) is 14.3. The maximum atomic E-state index is 14.3. The highest BCUT2D eigenvalue weighted by Gasteiger charge is 2.46. The fraction of sp³-hybridized carbons (Fsp3) is 0.500. The molecule has 2 unspecified atom stereocenters. The molecule has 1 aromatic carbocycles. The molecule has 0 aliphatic heterocycles. The van der Waals surface area contributed by atoms with Gasteiger partial charge in [-0.05, 0) is 54.4 Å². The number of allylic oxidation sites excluding steroid dienone is 3. The average molecular weight is 340 g/mol. The van der Waals surface area contributed by atoms with Crippen LogP contribution in [-0.4, -0.2) is 12.3 Å². The van der Waals surface area contributed by atoms with E-state index >= 15 is 0 Å². The van der Waals surface area contributed by atoms with E-state index in [2.05, 4.69) is 13.8 Å². The minimum Gasteiger partial charge on any atom is -0.242 e. The highest BCUT2D eigenvalue weighted by molar-refractivity contribution is 5.56. The van der Waals surface area contributed by atoms with Crippen molar-refractivity contribution < 1.29 is 17.6 Å². The molecule has 2 rings (SSSR count). The minimum absolute atomic E-state index is 0.162. The summed E-state index contributed by atoms with van der Waals surface area (Å²) in [7, 11) is 0. The molecule has 1 aliphatic carbocycles. The van der Waals surface area contributed by atoms with E-state index in [9.17, 15) is 17.6 Å². The third-order valence-electron chi connectivity index (χ3n) is 4.54. The third kappa shape index (κ3) is 4.28. The van der Waals surface area contributed by atoms with E-state index in [-0.39, 0.29) is 24.8 Å². The molecule has 0 fully saturated rings. The predicted octanol–water partition coefficient (Wildman–Crippen LogP) is 6.62. The zero-order chi connectivity index (χ0) is 17.9. The Bertz CT molecular complexity index is 623. The molecule has 0 amide bonds. The molecule has 0 nitrogen and oxygen atoms in total. The van der Waals surface area contributed by atoms with Gasteiger partial charge in [-0.25, -0.2) is 4.39 Å². The van der Waals surface area contributed by atoms with Crippen LogP contribution in [0.3, 0.4) is 0 Å². The smallest absolute Gasteiger partial charge is 0.242 e. The predicted molar refractivity (Wildman–Crippen MR) is 90.7 cm³/mol. The molecule has 0 bridgehead atoms. The van der Waals surface area contributed by atoms with Crippen molar-refractivity contribution in [2.24, 2.45) is 5.92 Å². The van der Waals surface area contributed by atoms with Gasteiger partial charge in [-0.2, -0.15) is 13.2 Å². The molecule has 1 aliphatic rings. The fourth-order valence-corrected chi connectivity index (χ4v) is 3.28. The van der Waals surface area contributed by atoms with Gasteiger partial charge in [0.2, 0.25) is 0 Å². The SMILES string of the molecule is CC=Cc1cc(CC2=CCCC(C(F)(F)F)C2F)ccc1C(C)C. The van der Waals surface area contributed by atoms with Crippen LogP contribution in [0.1, 0.15) is 56.2 Å². The standard InChI is InChI=1S/C20H24F4/c1-4-6-15-11-14(9-10-17(15)13(2)3)12-16-7-5-8-18(19(16)21)20(22,23)24/h4,6-7,9-11,13,18-19H,5,8,12H2,1-3H3. The summed E-state index contributed by atoms with van der Waals surface area (Å²) in [5.74, 6) is -1.52. The van der Waals surface area contributed by atoms with Crippen LogP contribution in [0.2, 0.25) is 0 Å². The lowest BCUT2D eigenvalue weighted by atomic mass is 9.83. The molecule has 0 saturated carbocycles. The van der Waals surface area contributed by atoms with Gasteiger partial charge in [0, 0.05) is 0 Å². The van der Waals surface area contributed by atoms with Crippen LogP contribution in [0.15, 0.2) is 35.9 Å². The van der Waals surface area contributed by atoms with Crippen LogP contribution in [0.25, 0.3) is 6.08 Å². The van der Waals surface area contributed by atoms with Crippen LogP contribution in [0.4, 0.5) is 17.6 Å². The van der Waals surface area contributed by atoms with E-state index in [0.717, 1.165) is 11.1 Å². The second-order valence-corrected chi connectivity index (χ2v) is 6.70. The van der Waals surface area contributed by atoms with Crippen molar-refractivity contribution in [3.05, 3.63) is 52.6 Å². The number of hydrogen-bond acceptors (Lipinski definition) is 0. The van der Waals surface area contributed by atoms with Crippen LogP contribution in [0.5, 0.6) is 0 Å². The molecule has 1 aromatic rings. The van der Waals surface area contributed by atoms with E-state index in [0.29, 0.717) is 5.92 Å². The summed E-state index contributed by atoms with van der Waals surface area (Å²) in [5.41, 5.74) is 3.33. The zero-order valence-corrected chi connectivity index (χ0v) is 14.3. The first-order valence-electron chi connectivity index (χ1n) is 8.39. The monoisotopic (exact) mass is 340 g/mol. The number of alkyl halides is 4. The lowest BCUT2D eigenvalue weighted by Gasteiger charge is -2.29. The van der Waals surface area contributed by atoms with Crippen LogP contribution in [-0.2, 0) is 6.42 Å². The lowest BCUT2D eigenvalue weighted by Crippen LogP contribution is -2.35. The van der Waals surface area contributed by atoms with Crippen molar-refractivity contribution in [3.63, 3.8) is 0 Å². The Morgan fingerprint density at radius 1 is 1.25 bits per heavy atom. The Balaban J connectivity index is 2.25. The summed E-state index contributed by atoms with van der Waals surface area (Å²) in [6.45, 7) is 6.11. The maximum absolute atomic E-state index is 14.3. The van der Waals surface area contributed by atoms with Crippen LogP contribution in [0, 0.1) is 5.92 Å². The van der Waals surface area contributed by atoms with Crippen molar-refractivity contribution in [1.82, 2.24) is 0 Å². The van der Waals surface area contributed by atoms with Crippen molar-refractivity contribution in [3.8, 4) is 0 Å². The van der Waals surface area contributed by atoms with E-state index in [1.165, 1.54) is 5.56 Å². The van der Waals surface area contributed by atoms with Gasteiger partial charge in [0.25, 0.3) is 0 Å². The van der Waals surface area contributed by atoms with Gasteiger partial charge in [-0.3, -0.25) is 0 Å². The molecule has 2 atom stereocenters. The van der Waals surface area contributed by atoms with Crippen molar-refractivity contribution in [1.29, 1.82) is 0 Å². The van der Waals surface area contributed by atoms with Crippen LogP contribution < -0.4 is 0 Å². The first-order valence-corrected chi connectivity index (χ1v) is 8.39. The number of rotatable bonds is 4. The molecule has 0 heterocycles. The van der Waals surface area contributed by atoms with Crippen molar-refractivity contribution in [2.75, 3.05) is 0 Å². The van der Waals surface area contributed by atoms with Gasteiger partial charge in [0.1, 0.15) is 6.17 Å². The highest BCUT2D eigenvalue weighted by Crippen LogP contribution is 2.40. The van der Waals surface area contributed by atoms with E-state index in [1.54, 1.807) is 6.08 Å². The fourth-order valence-electron chi connectivity index (χ4n) is 3.28. The van der Waals surface area contributed by atoms with Gasteiger partial charge in [0.05, 0.1) is 5.92 Å². The molecule has 0 radical (unpaired) electrons. The lowest BCUT2D eigenvalue weighted by molar-refractivity contribution is -0.190. The quantitative estimate of drug-likeness (QED) is 0.427. The first kappa shape index (κ1) is 18.8. The molecular formula is C20H24F4. The second kappa shape index (κ2) is 7.54. The van der Waals surface area contributed by atoms with Gasteiger partial charge >= 0.3 is 6.18 Å². The molecular weight excluding hydrogens is 316 g/mol. The highest BCUT2D eigenvalue weighted by atomic mass is 19.4. The molecule has 4 heteroatoms. The maximum Gasteiger partial charge on any atom is 0.394 e. The van der Waals surface area contributed by atoms with Gasteiger partial charge < -0.3 is 0 Å². The van der Waals surface area contributed by atoms with E-state index < -0.39 is 18.3 Å². The Kier molecular flexibility index (Phi) is 5.89.